The molecule has 0 aromatic heterocycles. The van der Waals surface area contributed by atoms with Crippen LogP contribution < -0.4 is 37.6 Å². The summed E-state index contributed by atoms with van der Waals surface area (Å²) in [6.07, 6.45) is -4.89. The lowest BCUT2D eigenvalue weighted by molar-refractivity contribution is -0.141. The van der Waals surface area contributed by atoms with Crippen molar-refractivity contribution >= 4 is 88.9 Å². The van der Waals surface area contributed by atoms with Crippen molar-refractivity contribution in [2.75, 3.05) is 32.8 Å². The summed E-state index contributed by atoms with van der Waals surface area (Å²) in [4.78, 5) is 188. The number of amides is 10. The van der Waals surface area contributed by atoms with Crippen LogP contribution in [-0.2, 0) is 76.7 Å². The smallest absolute Gasteiger partial charge is 0.303 e. The monoisotopic (exact) mass is 1010 g/mol. The van der Waals surface area contributed by atoms with Crippen LogP contribution in [0.25, 0.3) is 0 Å². The molecule has 2 aliphatic rings. The minimum absolute atomic E-state index is 0.276. The van der Waals surface area contributed by atoms with Crippen molar-refractivity contribution < 1.29 is 102 Å². The molecule has 2 heterocycles. The topological polar surface area (TPSA) is 471 Å². The van der Waals surface area contributed by atoms with E-state index in [4.69, 9.17) is 10.5 Å². The first-order valence-electron chi connectivity index (χ1n) is 22.0. The molecule has 0 aromatic rings. The summed E-state index contributed by atoms with van der Waals surface area (Å²) >= 11 is 0. The molecule has 71 heavy (non-hydrogen) atoms. The number of hydrogen-bond acceptors (Lipinski definition) is 16. The van der Waals surface area contributed by atoms with Gasteiger partial charge in [0.1, 0.15) is 42.9 Å². The van der Waals surface area contributed by atoms with Crippen LogP contribution >= 0.6 is 0 Å². The minimum atomic E-state index is -1.93. The Morgan fingerprint density at radius 1 is 0.563 bits per heavy atom. The van der Waals surface area contributed by atoms with E-state index in [1.165, 1.54) is 4.90 Å². The second-order valence-corrected chi connectivity index (χ2v) is 15.9. The Bertz CT molecular complexity index is 2080. The molecule has 13 N–H and O–H groups in total. The van der Waals surface area contributed by atoms with Crippen LogP contribution in [0.15, 0.2) is 12.2 Å². The first-order valence-corrected chi connectivity index (χ1v) is 22.0. The average molecular weight is 1010 g/mol. The number of ether oxygens (including phenoxy) is 1. The number of hydrogen-bond donors (Lipinski definition) is 12. The molecule has 0 bridgehead atoms. The van der Waals surface area contributed by atoms with E-state index in [0.717, 1.165) is 12.2 Å². The molecule has 10 amide bonds. The Morgan fingerprint density at radius 2 is 0.930 bits per heavy atom. The zero-order chi connectivity index (χ0) is 53.4. The van der Waals surface area contributed by atoms with E-state index >= 15 is 0 Å². The van der Waals surface area contributed by atoms with Crippen molar-refractivity contribution in [1.82, 2.24) is 41.7 Å². The Kier molecular flexibility index (Phi) is 24.8. The van der Waals surface area contributed by atoms with E-state index in [0.29, 0.717) is 17.7 Å². The third-order valence-electron chi connectivity index (χ3n) is 10.6. The number of carbonyl (C=O) groups is 15. The second-order valence-electron chi connectivity index (χ2n) is 15.9. The normalized spacial score (nSPS) is 16.1. The Balaban J connectivity index is 2.26. The molecule has 0 unspecified atom stereocenters. The van der Waals surface area contributed by atoms with Gasteiger partial charge in [0.15, 0.2) is 0 Å². The molecule has 1 saturated heterocycles. The SMILES string of the molecule is NC(=O)[C@@H]1CCCN1C(=O)COCCNC(=O)[C@@H](CCC(=O)O)NC(=O)[C@@H](CCC(=O)O)NC(=O)[C@@H](CCC(=O)O)NC(=O)[C@@H](CCC(=O)O)NC(=O)[C@@H](CCC(=O)O)NC(=O)CCN1C(=O)C=CC1=O. The zero-order valence-electron chi connectivity index (χ0n) is 38.1. The number of primary amides is 1. The minimum Gasteiger partial charge on any atom is -0.481 e. The Labute approximate surface area is 402 Å². The fourth-order valence-corrected chi connectivity index (χ4v) is 6.88. The lowest BCUT2D eigenvalue weighted by atomic mass is 10.0. The Morgan fingerprint density at radius 3 is 1.30 bits per heavy atom. The second kappa shape index (κ2) is 29.8. The maximum atomic E-state index is 13.8. The summed E-state index contributed by atoms with van der Waals surface area (Å²) in [5.74, 6) is -17.1. The number of nitrogens with two attached hydrogens (primary N) is 1. The van der Waals surface area contributed by atoms with Gasteiger partial charge in [0.25, 0.3) is 11.8 Å². The molecule has 2 aliphatic heterocycles. The van der Waals surface area contributed by atoms with Crippen LogP contribution in [0.3, 0.4) is 0 Å². The molecule has 30 heteroatoms. The highest BCUT2D eigenvalue weighted by Gasteiger charge is 2.35. The number of imide groups is 1. The molecule has 6 atom stereocenters. The van der Waals surface area contributed by atoms with Gasteiger partial charge in [0.2, 0.25) is 47.3 Å². The van der Waals surface area contributed by atoms with Gasteiger partial charge in [0, 0.05) is 70.3 Å². The number of carbonyl (C=O) groups excluding carboxylic acids is 10. The largest absolute Gasteiger partial charge is 0.481 e. The number of aliphatic carboxylic acids is 5. The van der Waals surface area contributed by atoms with Gasteiger partial charge in [-0.1, -0.05) is 0 Å². The molecule has 30 nitrogen and oxygen atoms in total. The zero-order valence-corrected chi connectivity index (χ0v) is 38.1. The molecule has 0 aliphatic carbocycles. The third-order valence-corrected chi connectivity index (χ3v) is 10.6. The molecular formula is C41H57N9O21. The van der Waals surface area contributed by atoms with Crippen molar-refractivity contribution in [3.63, 3.8) is 0 Å². The van der Waals surface area contributed by atoms with E-state index in [1.807, 2.05) is 0 Å². The number of likely N-dealkylation sites (tertiary alicyclic amines) is 1. The molecule has 0 saturated carbocycles. The van der Waals surface area contributed by atoms with E-state index in [-0.39, 0.29) is 19.7 Å². The van der Waals surface area contributed by atoms with Crippen LogP contribution in [0, 0.1) is 0 Å². The highest BCUT2D eigenvalue weighted by molar-refractivity contribution is 6.13. The van der Waals surface area contributed by atoms with Gasteiger partial charge in [-0.25, -0.2) is 0 Å². The highest BCUT2D eigenvalue weighted by atomic mass is 16.5. The summed E-state index contributed by atoms with van der Waals surface area (Å²) in [5.41, 5.74) is 5.33. The number of carboxylic acids is 5. The lowest BCUT2D eigenvalue weighted by Crippen LogP contribution is -2.59. The molecule has 0 spiro atoms. The van der Waals surface area contributed by atoms with E-state index in [9.17, 15) is 97.5 Å². The van der Waals surface area contributed by atoms with Crippen molar-refractivity contribution in [3.05, 3.63) is 12.2 Å². The van der Waals surface area contributed by atoms with Crippen molar-refractivity contribution in [1.29, 1.82) is 0 Å². The van der Waals surface area contributed by atoms with Crippen LogP contribution in [0.4, 0.5) is 0 Å². The summed E-state index contributed by atoms with van der Waals surface area (Å²) in [5, 5.41) is 60.0. The van der Waals surface area contributed by atoms with E-state index in [2.05, 4.69) is 31.9 Å². The van der Waals surface area contributed by atoms with E-state index < -0.39 is 209 Å². The van der Waals surface area contributed by atoms with Crippen molar-refractivity contribution in [2.24, 2.45) is 5.73 Å². The number of carboxylic acid groups (broad SMARTS) is 5. The molecule has 2 rings (SSSR count). The first kappa shape index (κ1) is 59.1. The van der Waals surface area contributed by atoms with Gasteiger partial charge in [-0.05, 0) is 44.9 Å². The summed E-state index contributed by atoms with van der Waals surface area (Å²) in [6.45, 7) is -1.21. The van der Waals surface area contributed by atoms with Gasteiger partial charge < -0.3 is 72.8 Å². The van der Waals surface area contributed by atoms with Crippen molar-refractivity contribution in [3.8, 4) is 0 Å². The van der Waals surface area contributed by atoms with Crippen LogP contribution in [-0.4, -0.2) is 193 Å². The van der Waals surface area contributed by atoms with Gasteiger partial charge in [-0.15, -0.1) is 0 Å². The third kappa shape index (κ3) is 21.8. The van der Waals surface area contributed by atoms with Gasteiger partial charge in [-0.3, -0.25) is 76.8 Å². The van der Waals surface area contributed by atoms with Crippen LogP contribution in [0.1, 0.15) is 83.5 Å². The molecule has 1 fully saturated rings. The van der Waals surface area contributed by atoms with Gasteiger partial charge in [0.05, 0.1) is 6.61 Å². The highest BCUT2D eigenvalue weighted by Crippen LogP contribution is 2.17. The maximum absolute atomic E-state index is 13.8. The number of rotatable bonds is 34. The lowest BCUT2D eigenvalue weighted by Gasteiger charge is -2.27. The van der Waals surface area contributed by atoms with Crippen LogP contribution in [0.5, 0.6) is 0 Å². The summed E-state index contributed by atoms with van der Waals surface area (Å²) < 4.78 is 5.28. The number of nitrogens with zero attached hydrogens (tertiary/aromatic N) is 2. The van der Waals surface area contributed by atoms with Crippen LogP contribution in [0.2, 0.25) is 0 Å². The summed E-state index contributed by atoms with van der Waals surface area (Å²) in [6, 6.07) is -9.85. The fourth-order valence-electron chi connectivity index (χ4n) is 6.88. The average Bonchev–Trinajstić information content (AvgIpc) is 3.92. The molecular weight excluding hydrogens is 954 g/mol. The van der Waals surface area contributed by atoms with E-state index in [1.54, 1.807) is 0 Å². The quantitative estimate of drug-likeness (QED) is 0.0211. The predicted octanol–water partition coefficient (Wildman–Crippen LogP) is -5.34. The standard InChI is InChI=1S/C41H57N9O21/c42-36(65)26-2-1-17-49(26)30(54)20-71-19-16-43-37(66)21(3-10-31(55)56)45-39(68)23(5-12-33(59)60)47-41(70)25(7-14-35(63)64)48-40(69)24(6-13-34(61)62)46-38(67)22(4-11-32(57)58)44-27(51)15-18-50-28(52)8-9-29(50)53/h8-9,21-26H,1-7,10-20H2,(H2,42,65)(H,43,66)(H,44,51)(H,45,68)(H,46,67)(H,47,70)(H,48,69)(H,55,56)(H,57,58)(H,59,60)(H,61,62)(H,63,64)/t21-,22-,23-,24-,25-,26+/m1/s1. The number of nitrogens with one attached hydrogen (secondary N) is 6. The van der Waals surface area contributed by atoms with Gasteiger partial charge in [-0.2, -0.15) is 0 Å². The first-order chi connectivity index (χ1) is 33.4. The summed E-state index contributed by atoms with van der Waals surface area (Å²) in [7, 11) is 0. The molecule has 0 aromatic carbocycles. The molecule has 392 valence electrons. The van der Waals surface area contributed by atoms with Crippen molar-refractivity contribution in [2.45, 2.75) is 120 Å². The predicted molar refractivity (Wildman–Crippen MR) is 232 cm³/mol. The maximum Gasteiger partial charge on any atom is 0.303 e. The Hall–Kier alpha value is -8.05. The molecule has 0 radical (unpaired) electrons. The van der Waals surface area contributed by atoms with Gasteiger partial charge >= 0.3 is 29.8 Å². The fraction of sp³-hybridized carbons (Fsp3) is 0.585.